The maximum absolute atomic E-state index is 12.0. The number of pyridine rings is 1. The molecule has 0 aliphatic heterocycles. The number of ether oxygens (including phenoxy) is 2. The van der Waals surface area contributed by atoms with Gasteiger partial charge in [-0.05, 0) is 70.2 Å². The molecule has 0 spiro atoms. The number of rotatable bonds is 6. The number of carboxylic acid groups (broad SMARTS) is 1. The fourth-order valence-electron chi connectivity index (χ4n) is 3.00. The number of esters is 1. The normalized spacial score (nSPS) is 11.3. The lowest BCUT2D eigenvalue weighted by Crippen LogP contribution is -2.39. The van der Waals surface area contributed by atoms with Crippen molar-refractivity contribution in [3.05, 3.63) is 59.7 Å². The average molecular weight is 393 g/mol. The lowest BCUT2D eigenvalue weighted by molar-refractivity contribution is -0.158. The third kappa shape index (κ3) is 4.37. The van der Waals surface area contributed by atoms with E-state index in [-0.39, 0.29) is 12.2 Å². The van der Waals surface area contributed by atoms with Crippen molar-refractivity contribution >= 4 is 22.8 Å². The van der Waals surface area contributed by atoms with Crippen LogP contribution in [0.3, 0.4) is 0 Å². The zero-order chi connectivity index (χ0) is 21.2. The highest BCUT2D eigenvalue weighted by Crippen LogP contribution is 2.29. The molecule has 3 rings (SSSR count). The van der Waals surface area contributed by atoms with Crippen molar-refractivity contribution < 1.29 is 24.2 Å². The van der Waals surface area contributed by atoms with Gasteiger partial charge in [-0.15, -0.1) is 0 Å². The Balaban J connectivity index is 1.96. The van der Waals surface area contributed by atoms with Crippen LogP contribution in [0, 0.1) is 6.92 Å². The highest BCUT2D eigenvalue weighted by Gasteiger charge is 2.31. The fourth-order valence-corrected chi connectivity index (χ4v) is 3.00. The molecule has 0 atom stereocenters. The van der Waals surface area contributed by atoms with Gasteiger partial charge in [-0.3, -0.25) is 0 Å². The molecule has 6 nitrogen and oxygen atoms in total. The number of aromatic carboxylic acids is 1. The SMILES string of the molecule is CCOC(=O)C(C)(C)Oc1ccc(-c2nc3ccc(C)cc3cc2C(=O)O)cc1. The largest absolute Gasteiger partial charge is 0.478 e. The molecular formula is C23H23NO5. The average Bonchev–Trinajstić information content (AvgIpc) is 2.67. The second kappa shape index (κ2) is 7.91. The zero-order valence-corrected chi connectivity index (χ0v) is 16.9. The lowest BCUT2D eigenvalue weighted by atomic mass is 10.0. The van der Waals surface area contributed by atoms with E-state index in [1.807, 2.05) is 25.1 Å². The molecule has 0 unspecified atom stereocenters. The van der Waals surface area contributed by atoms with Gasteiger partial charge in [0, 0.05) is 10.9 Å². The molecule has 1 N–H and O–H groups in total. The molecule has 0 fully saturated rings. The van der Waals surface area contributed by atoms with Crippen molar-refractivity contribution in [3.8, 4) is 17.0 Å². The van der Waals surface area contributed by atoms with Crippen LogP contribution in [0.1, 0.15) is 36.7 Å². The van der Waals surface area contributed by atoms with Gasteiger partial charge in [0.25, 0.3) is 0 Å². The van der Waals surface area contributed by atoms with E-state index >= 15 is 0 Å². The summed E-state index contributed by atoms with van der Waals surface area (Å²) in [6.45, 7) is 7.23. The first-order valence-electron chi connectivity index (χ1n) is 9.32. The smallest absolute Gasteiger partial charge is 0.349 e. The van der Waals surface area contributed by atoms with Crippen molar-refractivity contribution in [1.29, 1.82) is 0 Å². The Morgan fingerprint density at radius 3 is 2.38 bits per heavy atom. The summed E-state index contributed by atoms with van der Waals surface area (Å²) in [5.41, 5.74) is 1.77. The molecule has 6 heteroatoms. The summed E-state index contributed by atoms with van der Waals surface area (Å²) in [6, 6.07) is 14.2. The van der Waals surface area contributed by atoms with E-state index in [1.54, 1.807) is 51.1 Å². The molecule has 0 saturated carbocycles. The van der Waals surface area contributed by atoms with Crippen molar-refractivity contribution in [2.24, 2.45) is 0 Å². The summed E-state index contributed by atoms with van der Waals surface area (Å²) >= 11 is 0. The van der Waals surface area contributed by atoms with E-state index in [2.05, 4.69) is 4.98 Å². The Hall–Kier alpha value is -3.41. The molecule has 29 heavy (non-hydrogen) atoms. The van der Waals surface area contributed by atoms with Crippen molar-refractivity contribution in [2.75, 3.05) is 6.61 Å². The van der Waals surface area contributed by atoms with Crippen LogP contribution in [-0.2, 0) is 9.53 Å². The first-order valence-corrected chi connectivity index (χ1v) is 9.32. The van der Waals surface area contributed by atoms with Gasteiger partial charge in [0.2, 0.25) is 0 Å². The van der Waals surface area contributed by atoms with E-state index in [9.17, 15) is 14.7 Å². The number of carboxylic acids is 1. The summed E-state index contributed by atoms with van der Waals surface area (Å²) in [7, 11) is 0. The first kappa shape index (κ1) is 20.3. The number of nitrogens with zero attached hydrogens (tertiary/aromatic N) is 1. The molecule has 0 aliphatic rings. The number of hydrogen-bond donors (Lipinski definition) is 1. The molecule has 1 heterocycles. The maximum Gasteiger partial charge on any atom is 0.349 e. The van der Waals surface area contributed by atoms with Gasteiger partial charge in [-0.25, -0.2) is 14.6 Å². The van der Waals surface area contributed by atoms with E-state index in [4.69, 9.17) is 9.47 Å². The Kier molecular flexibility index (Phi) is 5.55. The highest BCUT2D eigenvalue weighted by molar-refractivity contribution is 5.99. The monoisotopic (exact) mass is 393 g/mol. The summed E-state index contributed by atoms with van der Waals surface area (Å²) < 4.78 is 10.8. The van der Waals surface area contributed by atoms with Crippen LogP contribution in [0.25, 0.3) is 22.2 Å². The van der Waals surface area contributed by atoms with E-state index in [1.165, 1.54) is 0 Å². The molecular weight excluding hydrogens is 370 g/mol. The minimum atomic E-state index is -1.14. The van der Waals surface area contributed by atoms with Crippen LogP contribution in [0.15, 0.2) is 48.5 Å². The van der Waals surface area contributed by atoms with E-state index in [0.29, 0.717) is 17.0 Å². The second-order valence-corrected chi connectivity index (χ2v) is 7.24. The molecule has 0 aliphatic carbocycles. The summed E-state index contributed by atoms with van der Waals surface area (Å²) in [6.07, 6.45) is 0. The summed E-state index contributed by atoms with van der Waals surface area (Å²) in [5, 5.41) is 10.4. The van der Waals surface area contributed by atoms with Crippen molar-refractivity contribution in [2.45, 2.75) is 33.3 Å². The van der Waals surface area contributed by atoms with Gasteiger partial charge in [0.15, 0.2) is 5.60 Å². The molecule has 3 aromatic rings. The van der Waals surface area contributed by atoms with Crippen LogP contribution < -0.4 is 4.74 Å². The van der Waals surface area contributed by atoms with Crippen LogP contribution in [0.5, 0.6) is 5.75 Å². The zero-order valence-electron chi connectivity index (χ0n) is 16.9. The number of fused-ring (bicyclic) bond motifs is 1. The number of benzene rings is 2. The van der Waals surface area contributed by atoms with Crippen LogP contribution in [0.2, 0.25) is 0 Å². The Labute approximate surface area is 169 Å². The molecule has 0 saturated heterocycles. The summed E-state index contributed by atoms with van der Waals surface area (Å²) in [5.74, 6) is -1.02. The molecule has 1 aromatic heterocycles. The summed E-state index contributed by atoms with van der Waals surface area (Å²) in [4.78, 5) is 28.4. The predicted molar refractivity (Wildman–Crippen MR) is 110 cm³/mol. The number of aromatic nitrogens is 1. The van der Waals surface area contributed by atoms with Gasteiger partial charge in [0.05, 0.1) is 23.4 Å². The Morgan fingerprint density at radius 2 is 1.76 bits per heavy atom. The van der Waals surface area contributed by atoms with Gasteiger partial charge >= 0.3 is 11.9 Å². The lowest BCUT2D eigenvalue weighted by Gasteiger charge is -2.24. The van der Waals surface area contributed by atoms with Gasteiger partial charge in [-0.1, -0.05) is 11.6 Å². The minimum Gasteiger partial charge on any atom is -0.478 e. The number of aryl methyl sites for hydroxylation is 1. The molecule has 2 aromatic carbocycles. The van der Waals surface area contributed by atoms with Crippen molar-refractivity contribution in [1.82, 2.24) is 4.98 Å². The number of carbonyl (C=O) groups is 2. The van der Waals surface area contributed by atoms with E-state index < -0.39 is 17.5 Å². The maximum atomic E-state index is 12.0. The topological polar surface area (TPSA) is 85.7 Å². The van der Waals surface area contributed by atoms with Crippen LogP contribution in [0.4, 0.5) is 0 Å². The number of carbonyl (C=O) groups excluding carboxylic acids is 1. The Morgan fingerprint density at radius 1 is 1.07 bits per heavy atom. The van der Waals surface area contributed by atoms with Crippen molar-refractivity contribution in [3.63, 3.8) is 0 Å². The quantitative estimate of drug-likeness (QED) is 0.615. The minimum absolute atomic E-state index is 0.128. The first-order chi connectivity index (χ1) is 13.7. The standard InChI is InChI=1S/C23H23NO5/c1-5-28-22(27)23(3,4)29-17-9-7-15(8-10-17)20-18(21(25)26)13-16-12-14(2)6-11-19(16)24-20/h6-13H,5H2,1-4H3,(H,25,26). The molecule has 150 valence electrons. The van der Waals surface area contributed by atoms with Crippen LogP contribution in [-0.4, -0.2) is 34.2 Å². The van der Waals surface area contributed by atoms with Crippen LogP contribution >= 0.6 is 0 Å². The molecule has 0 radical (unpaired) electrons. The second-order valence-electron chi connectivity index (χ2n) is 7.24. The van der Waals surface area contributed by atoms with Gasteiger partial charge in [0.1, 0.15) is 5.75 Å². The highest BCUT2D eigenvalue weighted by atomic mass is 16.6. The molecule has 0 bridgehead atoms. The fraction of sp³-hybridized carbons (Fsp3) is 0.261. The third-order valence-electron chi connectivity index (χ3n) is 4.47. The third-order valence-corrected chi connectivity index (χ3v) is 4.47. The van der Waals surface area contributed by atoms with Gasteiger partial charge < -0.3 is 14.6 Å². The van der Waals surface area contributed by atoms with Gasteiger partial charge in [-0.2, -0.15) is 0 Å². The molecule has 0 amide bonds. The predicted octanol–water partition coefficient (Wildman–Crippen LogP) is 4.63. The van der Waals surface area contributed by atoms with E-state index in [0.717, 1.165) is 16.5 Å². The Bertz CT molecular complexity index is 1070. The number of hydrogen-bond acceptors (Lipinski definition) is 5.